The molecule has 2 heterocycles. The van der Waals surface area contributed by atoms with Crippen molar-refractivity contribution in [3.8, 4) is 0 Å². The van der Waals surface area contributed by atoms with Crippen molar-refractivity contribution in [3.63, 3.8) is 0 Å². The second-order valence-electron chi connectivity index (χ2n) is 5.64. The predicted molar refractivity (Wildman–Crippen MR) is 65.0 cm³/mol. The van der Waals surface area contributed by atoms with E-state index in [0.29, 0.717) is 0 Å². The van der Waals surface area contributed by atoms with Crippen molar-refractivity contribution in [2.24, 2.45) is 11.8 Å². The van der Waals surface area contributed by atoms with Crippen LogP contribution in [0.5, 0.6) is 0 Å². The van der Waals surface area contributed by atoms with Gasteiger partial charge in [0.05, 0.1) is 0 Å². The van der Waals surface area contributed by atoms with Crippen LogP contribution in [0.15, 0.2) is 0 Å². The van der Waals surface area contributed by atoms with E-state index in [0.717, 1.165) is 17.9 Å². The van der Waals surface area contributed by atoms with Crippen LogP contribution in [-0.4, -0.2) is 37.1 Å². The Kier molecular flexibility index (Phi) is 4.04. The number of rotatable bonds is 4. The molecule has 2 saturated heterocycles. The molecule has 1 N–H and O–H groups in total. The zero-order valence-electron chi connectivity index (χ0n) is 10.3. The molecule has 0 aromatic carbocycles. The molecule has 2 heteroatoms. The Balaban J connectivity index is 1.73. The van der Waals surface area contributed by atoms with E-state index in [9.17, 15) is 0 Å². The van der Waals surface area contributed by atoms with E-state index in [2.05, 4.69) is 24.1 Å². The lowest BCUT2D eigenvalue weighted by Crippen LogP contribution is -2.35. The van der Waals surface area contributed by atoms with Gasteiger partial charge in [0.25, 0.3) is 0 Å². The Bertz CT molecular complexity index is 185. The number of hydrogen-bond acceptors (Lipinski definition) is 2. The number of nitrogens with zero attached hydrogens (tertiary/aromatic N) is 1. The molecule has 0 radical (unpaired) electrons. The molecule has 2 atom stereocenters. The van der Waals surface area contributed by atoms with Crippen LogP contribution in [0, 0.1) is 11.8 Å². The van der Waals surface area contributed by atoms with Gasteiger partial charge in [0, 0.05) is 6.04 Å². The molecule has 2 unspecified atom stereocenters. The summed E-state index contributed by atoms with van der Waals surface area (Å²) in [6, 6.07) is 0.874. The Morgan fingerprint density at radius 2 is 2.20 bits per heavy atom. The first-order chi connectivity index (χ1) is 7.27. The molecule has 2 aliphatic rings. The molecule has 2 rings (SSSR count). The minimum absolute atomic E-state index is 0.842. The van der Waals surface area contributed by atoms with E-state index in [1.165, 1.54) is 51.9 Å². The first-order valence-electron chi connectivity index (χ1n) is 6.72. The first-order valence-corrected chi connectivity index (χ1v) is 6.72. The topological polar surface area (TPSA) is 15.3 Å². The molecule has 0 aromatic heterocycles. The fourth-order valence-corrected chi connectivity index (χ4v) is 3.19. The minimum atomic E-state index is 0.842. The SMILES string of the molecule is CC(C)C1CCCN1CCC1CCNC1. The largest absolute Gasteiger partial charge is 0.316 e. The average Bonchev–Trinajstić information content (AvgIpc) is 2.86. The quantitative estimate of drug-likeness (QED) is 0.764. The summed E-state index contributed by atoms with van der Waals surface area (Å²) in [6.07, 6.45) is 5.67. The zero-order chi connectivity index (χ0) is 10.7. The molecule has 15 heavy (non-hydrogen) atoms. The summed E-state index contributed by atoms with van der Waals surface area (Å²) in [7, 11) is 0. The van der Waals surface area contributed by atoms with Crippen molar-refractivity contribution >= 4 is 0 Å². The third kappa shape index (κ3) is 2.94. The lowest BCUT2D eigenvalue weighted by molar-refractivity contribution is 0.195. The highest BCUT2D eigenvalue weighted by Crippen LogP contribution is 2.25. The van der Waals surface area contributed by atoms with Gasteiger partial charge in [-0.2, -0.15) is 0 Å². The average molecular weight is 210 g/mol. The van der Waals surface area contributed by atoms with E-state index in [1.54, 1.807) is 0 Å². The maximum absolute atomic E-state index is 3.46. The van der Waals surface area contributed by atoms with E-state index in [4.69, 9.17) is 0 Å². The van der Waals surface area contributed by atoms with Crippen molar-refractivity contribution < 1.29 is 0 Å². The van der Waals surface area contributed by atoms with Gasteiger partial charge in [0.1, 0.15) is 0 Å². The van der Waals surface area contributed by atoms with Crippen LogP contribution in [0.1, 0.15) is 39.5 Å². The van der Waals surface area contributed by atoms with Crippen LogP contribution in [0.4, 0.5) is 0 Å². The highest BCUT2D eigenvalue weighted by molar-refractivity contribution is 4.82. The molecule has 0 bridgehead atoms. The zero-order valence-corrected chi connectivity index (χ0v) is 10.3. The van der Waals surface area contributed by atoms with Crippen LogP contribution in [-0.2, 0) is 0 Å². The molecular weight excluding hydrogens is 184 g/mol. The monoisotopic (exact) mass is 210 g/mol. The minimum Gasteiger partial charge on any atom is -0.316 e. The van der Waals surface area contributed by atoms with Crippen LogP contribution in [0.25, 0.3) is 0 Å². The molecule has 2 fully saturated rings. The number of hydrogen-bond donors (Lipinski definition) is 1. The lowest BCUT2D eigenvalue weighted by atomic mass is 10.0. The van der Waals surface area contributed by atoms with E-state index < -0.39 is 0 Å². The predicted octanol–water partition coefficient (Wildman–Crippen LogP) is 2.11. The molecule has 0 aromatic rings. The van der Waals surface area contributed by atoms with Crippen molar-refractivity contribution in [3.05, 3.63) is 0 Å². The van der Waals surface area contributed by atoms with Crippen LogP contribution in [0.2, 0.25) is 0 Å². The Morgan fingerprint density at radius 1 is 1.33 bits per heavy atom. The lowest BCUT2D eigenvalue weighted by Gasteiger charge is -2.28. The second-order valence-corrected chi connectivity index (χ2v) is 5.64. The summed E-state index contributed by atoms with van der Waals surface area (Å²) in [4.78, 5) is 2.74. The fraction of sp³-hybridized carbons (Fsp3) is 1.00. The standard InChI is InChI=1S/C13H26N2/c1-11(2)13-4-3-8-15(13)9-6-12-5-7-14-10-12/h11-14H,3-10H2,1-2H3. The highest BCUT2D eigenvalue weighted by atomic mass is 15.2. The number of nitrogens with one attached hydrogen (secondary N) is 1. The van der Waals surface area contributed by atoms with E-state index >= 15 is 0 Å². The molecule has 0 spiro atoms. The van der Waals surface area contributed by atoms with Gasteiger partial charge in [-0.1, -0.05) is 13.8 Å². The molecule has 0 aliphatic carbocycles. The van der Waals surface area contributed by atoms with Gasteiger partial charge in [-0.05, 0) is 63.7 Å². The smallest absolute Gasteiger partial charge is 0.0119 e. The van der Waals surface area contributed by atoms with E-state index in [1.807, 2.05) is 0 Å². The normalized spacial score (nSPS) is 33.0. The molecule has 2 nitrogen and oxygen atoms in total. The molecule has 88 valence electrons. The maximum Gasteiger partial charge on any atom is 0.0119 e. The van der Waals surface area contributed by atoms with E-state index in [-0.39, 0.29) is 0 Å². The molecule has 0 amide bonds. The third-order valence-corrected chi connectivity index (χ3v) is 4.17. The molecule has 2 aliphatic heterocycles. The Morgan fingerprint density at radius 3 is 2.87 bits per heavy atom. The van der Waals surface area contributed by atoms with Crippen LogP contribution < -0.4 is 5.32 Å². The van der Waals surface area contributed by atoms with Gasteiger partial charge in [-0.15, -0.1) is 0 Å². The van der Waals surface area contributed by atoms with Gasteiger partial charge in [-0.25, -0.2) is 0 Å². The summed E-state index contributed by atoms with van der Waals surface area (Å²) in [6.45, 7) is 9.96. The summed E-state index contributed by atoms with van der Waals surface area (Å²) in [5.74, 6) is 1.80. The highest BCUT2D eigenvalue weighted by Gasteiger charge is 2.27. The van der Waals surface area contributed by atoms with Crippen LogP contribution >= 0.6 is 0 Å². The molecular formula is C13H26N2. The van der Waals surface area contributed by atoms with Gasteiger partial charge in [0.2, 0.25) is 0 Å². The van der Waals surface area contributed by atoms with Gasteiger partial charge >= 0.3 is 0 Å². The summed E-state index contributed by atoms with van der Waals surface area (Å²) >= 11 is 0. The van der Waals surface area contributed by atoms with Crippen molar-refractivity contribution in [1.82, 2.24) is 10.2 Å². The van der Waals surface area contributed by atoms with Crippen molar-refractivity contribution in [2.75, 3.05) is 26.2 Å². The van der Waals surface area contributed by atoms with Crippen LogP contribution in [0.3, 0.4) is 0 Å². The third-order valence-electron chi connectivity index (χ3n) is 4.17. The molecule has 0 saturated carbocycles. The first kappa shape index (κ1) is 11.4. The Hall–Kier alpha value is -0.0800. The summed E-state index contributed by atoms with van der Waals surface area (Å²) in [5, 5.41) is 3.46. The van der Waals surface area contributed by atoms with Crippen molar-refractivity contribution in [2.45, 2.75) is 45.6 Å². The van der Waals surface area contributed by atoms with Gasteiger partial charge in [0.15, 0.2) is 0 Å². The fourth-order valence-electron chi connectivity index (χ4n) is 3.19. The second kappa shape index (κ2) is 5.31. The summed E-state index contributed by atoms with van der Waals surface area (Å²) < 4.78 is 0. The van der Waals surface area contributed by atoms with Gasteiger partial charge < -0.3 is 10.2 Å². The van der Waals surface area contributed by atoms with Crippen molar-refractivity contribution in [1.29, 1.82) is 0 Å². The van der Waals surface area contributed by atoms with Gasteiger partial charge in [-0.3, -0.25) is 0 Å². The maximum atomic E-state index is 3.46. The Labute approximate surface area is 94.4 Å². The summed E-state index contributed by atoms with van der Waals surface area (Å²) in [5.41, 5.74) is 0. The number of likely N-dealkylation sites (tertiary alicyclic amines) is 1.